The first-order chi connectivity index (χ1) is 19.1. The first-order valence-corrected chi connectivity index (χ1v) is 17.2. The summed E-state index contributed by atoms with van der Waals surface area (Å²) in [6, 6.07) is 0. The number of carboxylic acids is 1. The maximum Gasteiger partial charge on any atom is 0.306 e. The fourth-order valence-electron chi connectivity index (χ4n) is 5.18. The molecule has 4 heteroatoms. The van der Waals surface area contributed by atoms with Crippen LogP contribution in [0.4, 0.5) is 0 Å². The van der Waals surface area contributed by atoms with Crippen LogP contribution in [0.2, 0.25) is 0 Å². The number of hydrogen-bond donors (Lipinski definition) is 1. The number of aliphatic carboxylic acids is 1. The molecule has 0 fully saturated rings. The van der Waals surface area contributed by atoms with E-state index in [0.29, 0.717) is 6.42 Å². The molecule has 0 amide bonds. The smallest absolute Gasteiger partial charge is 0.306 e. The van der Waals surface area contributed by atoms with Gasteiger partial charge in [0.15, 0.2) is 0 Å². The Morgan fingerprint density at radius 2 is 0.923 bits per heavy atom. The molecule has 230 valence electrons. The molecule has 0 aliphatic carbocycles. The molecule has 0 spiro atoms. The minimum absolute atomic E-state index is 0.000133. The van der Waals surface area contributed by atoms with Crippen LogP contribution < -0.4 is 0 Å². The van der Waals surface area contributed by atoms with Gasteiger partial charge in [-0.25, -0.2) is 0 Å². The maximum atomic E-state index is 12.5. The number of ether oxygens (including phenoxy) is 1. The number of hydrogen-bond acceptors (Lipinski definition) is 3. The molecule has 0 aliphatic heterocycles. The SMILES string of the molecule is CCCCCCCC/C=C\CCCCCCCC(=O)OC(CCCCCCC)CCCCCCCCC(=O)O. The molecular formula is C35H66O4. The lowest BCUT2D eigenvalue weighted by molar-refractivity contribution is -0.150. The van der Waals surface area contributed by atoms with Crippen molar-refractivity contribution in [2.24, 2.45) is 0 Å². The fourth-order valence-corrected chi connectivity index (χ4v) is 5.18. The van der Waals surface area contributed by atoms with Crippen LogP contribution in [0.5, 0.6) is 0 Å². The van der Waals surface area contributed by atoms with E-state index in [1.54, 1.807) is 0 Å². The average molecular weight is 551 g/mol. The van der Waals surface area contributed by atoms with Crippen LogP contribution in [0.15, 0.2) is 12.2 Å². The Balaban J connectivity index is 3.88. The third-order valence-electron chi connectivity index (χ3n) is 7.74. The number of rotatable bonds is 31. The zero-order valence-electron chi connectivity index (χ0n) is 26.2. The van der Waals surface area contributed by atoms with E-state index in [-0.39, 0.29) is 18.5 Å². The van der Waals surface area contributed by atoms with Crippen molar-refractivity contribution in [2.75, 3.05) is 0 Å². The minimum atomic E-state index is -0.694. The van der Waals surface area contributed by atoms with Gasteiger partial charge in [-0.2, -0.15) is 0 Å². The summed E-state index contributed by atoms with van der Waals surface area (Å²) >= 11 is 0. The van der Waals surface area contributed by atoms with Gasteiger partial charge in [0.2, 0.25) is 0 Å². The number of carbonyl (C=O) groups is 2. The van der Waals surface area contributed by atoms with E-state index in [9.17, 15) is 9.59 Å². The fraction of sp³-hybridized carbons (Fsp3) is 0.886. The molecule has 0 aliphatic rings. The molecule has 0 aromatic heterocycles. The van der Waals surface area contributed by atoms with Crippen molar-refractivity contribution in [2.45, 2.75) is 200 Å². The molecule has 39 heavy (non-hydrogen) atoms. The maximum absolute atomic E-state index is 12.5. The number of esters is 1. The molecule has 0 bridgehead atoms. The Hall–Kier alpha value is -1.32. The minimum Gasteiger partial charge on any atom is -0.481 e. The van der Waals surface area contributed by atoms with E-state index in [4.69, 9.17) is 9.84 Å². The second-order valence-corrected chi connectivity index (χ2v) is 11.7. The summed E-state index contributed by atoms with van der Waals surface area (Å²) in [7, 11) is 0. The van der Waals surface area contributed by atoms with E-state index in [1.165, 1.54) is 96.3 Å². The van der Waals surface area contributed by atoms with Crippen LogP contribution in [-0.2, 0) is 14.3 Å². The van der Waals surface area contributed by atoms with Crippen molar-refractivity contribution in [3.8, 4) is 0 Å². The van der Waals surface area contributed by atoms with E-state index < -0.39 is 5.97 Å². The monoisotopic (exact) mass is 550 g/mol. The van der Waals surface area contributed by atoms with Crippen LogP contribution >= 0.6 is 0 Å². The highest BCUT2D eigenvalue weighted by molar-refractivity contribution is 5.69. The van der Waals surface area contributed by atoms with Gasteiger partial charge in [-0.3, -0.25) is 9.59 Å². The third kappa shape index (κ3) is 31.1. The van der Waals surface area contributed by atoms with Gasteiger partial charge in [0.05, 0.1) is 0 Å². The Labute approximate surface area is 243 Å². The molecule has 1 unspecified atom stereocenters. The van der Waals surface area contributed by atoms with Crippen molar-refractivity contribution in [1.29, 1.82) is 0 Å². The number of unbranched alkanes of at least 4 members (excludes halogenated alkanes) is 20. The van der Waals surface area contributed by atoms with Crippen molar-refractivity contribution < 1.29 is 19.4 Å². The van der Waals surface area contributed by atoms with Crippen molar-refractivity contribution in [3.05, 3.63) is 12.2 Å². The Kier molecular flexibility index (Phi) is 30.2. The topological polar surface area (TPSA) is 63.6 Å². The summed E-state index contributed by atoms with van der Waals surface area (Å²) < 4.78 is 5.93. The molecule has 1 atom stereocenters. The van der Waals surface area contributed by atoms with Crippen molar-refractivity contribution >= 4 is 11.9 Å². The summed E-state index contributed by atoms with van der Waals surface area (Å²) in [6.45, 7) is 4.51. The van der Waals surface area contributed by atoms with Crippen LogP contribution in [-0.4, -0.2) is 23.1 Å². The van der Waals surface area contributed by atoms with Gasteiger partial charge in [0.25, 0.3) is 0 Å². The Bertz CT molecular complexity index is 557. The first kappa shape index (κ1) is 37.7. The lowest BCUT2D eigenvalue weighted by Crippen LogP contribution is -2.18. The molecule has 0 radical (unpaired) electrons. The van der Waals surface area contributed by atoms with Gasteiger partial charge < -0.3 is 9.84 Å². The lowest BCUT2D eigenvalue weighted by atomic mass is 10.0. The highest BCUT2D eigenvalue weighted by Gasteiger charge is 2.14. The zero-order chi connectivity index (χ0) is 28.7. The molecule has 0 aromatic rings. The van der Waals surface area contributed by atoms with Crippen LogP contribution in [0.25, 0.3) is 0 Å². The first-order valence-electron chi connectivity index (χ1n) is 17.2. The zero-order valence-corrected chi connectivity index (χ0v) is 26.2. The largest absolute Gasteiger partial charge is 0.481 e. The van der Waals surface area contributed by atoms with E-state index in [2.05, 4.69) is 26.0 Å². The molecular weight excluding hydrogens is 484 g/mol. The van der Waals surface area contributed by atoms with E-state index in [0.717, 1.165) is 70.6 Å². The summed E-state index contributed by atoms with van der Waals surface area (Å²) in [5.74, 6) is -0.694. The summed E-state index contributed by atoms with van der Waals surface area (Å²) in [4.78, 5) is 23.1. The molecule has 0 rings (SSSR count). The summed E-state index contributed by atoms with van der Waals surface area (Å²) in [5.41, 5.74) is 0. The highest BCUT2D eigenvalue weighted by Crippen LogP contribution is 2.18. The lowest BCUT2D eigenvalue weighted by Gasteiger charge is -2.18. The summed E-state index contributed by atoms with van der Waals surface area (Å²) in [6.07, 6.45) is 36.6. The van der Waals surface area contributed by atoms with Gasteiger partial charge in [-0.05, 0) is 64.2 Å². The van der Waals surface area contributed by atoms with Gasteiger partial charge in [-0.15, -0.1) is 0 Å². The normalized spacial score (nSPS) is 12.3. The number of allylic oxidation sites excluding steroid dienone is 2. The standard InChI is InChI=1S/C35H66O4/c1-3-5-7-9-10-11-12-13-14-15-16-17-18-24-28-32-35(38)39-33(29-25-21-8-6-4-2)30-26-22-19-20-23-27-31-34(36)37/h13-14,33H,3-12,15-32H2,1-2H3,(H,36,37)/b14-13-. The predicted octanol–water partition coefficient (Wildman–Crippen LogP) is 11.5. The average Bonchev–Trinajstić information content (AvgIpc) is 2.91. The van der Waals surface area contributed by atoms with E-state index in [1.807, 2.05) is 0 Å². The Morgan fingerprint density at radius 3 is 1.38 bits per heavy atom. The predicted molar refractivity (Wildman–Crippen MR) is 167 cm³/mol. The molecule has 0 heterocycles. The molecule has 0 aromatic carbocycles. The van der Waals surface area contributed by atoms with Gasteiger partial charge >= 0.3 is 11.9 Å². The molecule has 0 saturated carbocycles. The second-order valence-electron chi connectivity index (χ2n) is 11.7. The van der Waals surface area contributed by atoms with Crippen molar-refractivity contribution in [3.63, 3.8) is 0 Å². The molecule has 0 saturated heterocycles. The number of carbonyl (C=O) groups excluding carboxylic acids is 1. The van der Waals surface area contributed by atoms with Gasteiger partial charge in [0, 0.05) is 12.8 Å². The highest BCUT2D eigenvalue weighted by atomic mass is 16.5. The Morgan fingerprint density at radius 1 is 0.538 bits per heavy atom. The van der Waals surface area contributed by atoms with Crippen LogP contribution in [0.1, 0.15) is 194 Å². The molecule has 1 N–H and O–H groups in total. The second kappa shape index (κ2) is 31.2. The quantitative estimate of drug-likeness (QED) is 0.0529. The van der Waals surface area contributed by atoms with Crippen molar-refractivity contribution in [1.82, 2.24) is 0 Å². The molecule has 4 nitrogen and oxygen atoms in total. The van der Waals surface area contributed by atoms with Crippen LogP contribution in [0.3, 0.4) is 0 Å². The van der Waals surface area contributed by atoms with Gasteiger partial charge in [-0.1, -0.05) is 129 Å². The number of carboxylic acid groups (broad SMARTS) is 1. The van der Waals surface area contributed by atoms with Crippen LogP contribution in [0, 0.1) is 0 Å². The van der Waals surface area contributed by atoms with E-state index >= 15 is 0 Å². The third-order valence-corrected chi connectivity index (χ3v) is 7.74. The summed E-state index contributed by atoms with van der Waals surface area (Å²) in [5, 5.41) is 8.73. The van der Waals surface area contributed by atoms with Gasteiger partial charge in [0.1, 0.15) is 6.10 Å².